The predicted octanol–water partition coefficient (Wildman–Crippen LogP) is 2.98. The predicted molar refractivity (Wildman–Crippen MR) is 76.2 cm³/mol. The number of allylic oxidation sites excluding steroid dienone is 2. The van der Waals surface area contributed by atoms with E-state index in [0.717, 1.165) is 0 Å². The zero-order valence-corrected chi connectivity index (χ0v) is 10.8. The third kappa shape index (κ3) is 1.97. The number of phenols is 2. The van der Waals surface area contributed by atoms with E-state index in [-0.39, 0.29) is 22.8 Å². The number of hydrogen-bond acceptors (Lipinski definition) is 3. The molecule has 0 radical (unpaired) electrons. The minimum atomic E-state index is -0.282. The van der Waals surface area contributed by atoms with Crippen LogP contribution < -0.4 is 0 Å². The molecule has 0 saturated carbocycles. The Bertz CT molecular complexity index is 700. The monoisotopic (exact) mass is 266 g/mol. The average molecular weight is 266 g/mol. The third-order valence-electron chi connectivity index (χ3n) is 3.59. The summed E-state index contributed by atoms with van der Waals surface area (Å²) in [7, 11) is 0. The topological polar surface area (TPSA) is 57.5 Å². The van der Waals surface area contributed by atoms with Crippen LogP contribution in [0, 0.1) is 0 Å². The summed E-state index contributed by atoms with van der Waals surface area (Å²) in [6, 6.07) is 10.1. The van der Waals surface area contributed by atoms with Gasteiger partial charge in [0.2, 0.25) is 0 Å². The maximum Gasteiger partial charge on any atom is 0.196 e. The van der Waals surface area contributed by atoms with E-state index in [0.29, 0.717) is 29.5 Å². The zero-order chi connectivity index (χ0) is 14.1. The number of ketones is 1. The number of carbonyl (C=O) groups is 1. The molecule has 1 aliphatic carbocycles. The van der Waals surface area contributed by atoms with Crippen molar-refractivity contribution >= 4 is 5.78 Å². The third-order valence-corrected chi connectivity index (χ3v) is 3.59. The van der Waals surface area contributed by atoms with E-state index in [4.69, 9.17) is 0 Å². The Morgan fingerprint density at radius 3 is 2.30 bits per heavy atom. The van der Waals surface area contributed by atoms with Crippen molar-refractivity contribution in [2.24, 2.45) is 0 Å². The highest BCUT2D eigenvalue weighted by molar-refractivity contribution is 6.11. The van der Waals surface area contributed by atoms with Crippen LogP contribution in [-0.4, -0.2) is 16.0 Å². The van der Waals surface area contributed by atoms with Gasteiger partial charge in [-0.3, -0.25) is 4.79 Å². The standard InChI is InChI=1S/C17H14O3/c18-15-10-14(16(19)11-6-2-1-3-7-11)17(20)13-9-5-4-8-12(13)15/h1-7,10,18,20H,8-9H2. The molecule has 2 aromatic carbocycles. The van der Waals surface area contributed by atoms with Gasteiger partial charge in [-0.1, -0.05) is 42.5 Å². The van der Waals surface area contributed by atoms with Crippen molar-refractivity contribution in [3.63, 3.8) is 0 Å². The van der Waals surface area contributed by atoms with Crippen molar-refractivity contribution in [3.05, 3.63) is 70.8 Å². The number of fused-ring (bicyclic) bond motifs is 1. The fraction of sp³-hybridized carbons (Fsp3) is 0.118. The number of hydrogen-bond donors (Lipinski definition) is 2. The number of benzene rings is 2. The first kappa shape index (κ1) is 12.5. The molecule has 0 aromatic heterocycles. The van der Waals surface area contributed by atoms with Crippen molar-refractivity contribution in [1.82, 2.24) is 0 Å². The molecular weight excluding hydrogens is 252 g/mol. The highest BCUT2D eigenvalue weighted by atomic mass is 16.3. The number of carbonyl (C=O) groups excluding carboxylic acids is 1. The lowest BCUT2D eigenvalue weighted by molar-refractivity contribution is 0.103. The second kappa shape index (κ2) is 4.85. The van der Waals surface area contributed by atoms with E-state index in [2.05, 4.69) is 0 Å². The highest BCUT2D eigenvalue weighted by Crippen LogP contribution is 2.36. The van der Waals surface area contributed by atoms with Gasteiger partial charge >= 0.3 is 0 Å². The van der Waals surface area contributed by atoms with Crippen molar-refractivity contribution < 1.29 is 15.0 Å². The lowest BCUT2D eigenvalue weighted by Crippen LogP contribution is -2.06. The highest BCUT2D eigenvalue weighted by Gasteiger charge is 2.22. The quantitative estimate of drug-likeness (QED) is 0.499. The van der Waals surface area contributed by atoms with E-state index in [1.165, 1.54) is 6.07 Å². The molecule has 0 aliphatic heterocycles. The molecule has 0 amide bonds. The molecule has 100 valence electrons. The van der Waals surface area contributed by atoms with E-state index >= 15 is 0 Å². The van der Waals surface area contributed by atoms with Gasteiger partial charge in [0.05, 0.1) is 5.56 Å². The number of phenolic OH excluding ortho intramolecular Hbond substituents is 2. The molecule has 0 bridgehead atoms. The van der Waals surface area contributed by atoms with E-state index < -0.39 is 0 Å². The van der Waals surface area contributed by atoms with E-state index in [1.807, 2.05) is 18.2 Å². The molecule has 3 heteroatoms. The van der Waals surface area contributed by atoms with Gasteiger partial charge < -0.3 is 10.2 Å². The molecule has 0 spiro atoms. The van der Waals surface area contributed by atoms with Gasteiger partial charge in [-0.05, 0) is 18.9 Å². The molecule has 2 N–H and O–H groups in total. The van der Waals surface area contributed by atoms with E-state index in [9.17, 15) is 15.0 Å². The minimum absolute atomic E-state index is 0.0176. The normalized spacial score (nSPS) is 13.0. The molecule has 1 aliphatic rings. The minimum Gasteiger partial charge on any atom is -0.508 e. The molecular formula is C17H14O3. The fourth-order valence-electron chi connectivity index (χ4n) is 2.52. The number of aromatic hydroxyl groups is 2. The van der Waals surface area contributed by atoms with Crippen LogP contribution in [0.1, 0.15) is 27.0 Å². The first-order valence-corrected chi connectivity index (χ1v) is 6.50. The Kier molecular flexibility index (Phi) is 3.03. The van der Waals surface area contributed by atoms with Crippen LogP contribution in [0.2, 0.25) is 0 Å². The maximum atomic E-state index is 12.4. The van der Waals surface area contributed by atoms with Crippen LogP contribution in [0.25, 0.3) is 0 Å². The maximum absolute atomic E-state index is 12.4. The summed E-state index contributed by atoms with van der Waals surface area (Å²) in [6.07, 6.45) is 4.98. The van der Waals surface area contributed by atoms with Crippen LogP contribution in [-0.2, 0) is 12.8 Å². The largest absolute Gasteiger partial charge is 0.508 e. The van der Waals surface area contributed by atoms with Gasteiger partial charge in [0.1, 0.15) is 11.5 Å². The van der Waals surface area contributed by atoms with Crippen LogP contribution in [0.4, 0.5) is 0 Å². The molecule has 0 heterocycles. The van der Waals surface area contributed by atoms with Crippen LogP contribution in [0.15, 0.2) is 48.6 Å². The molecule has 20 heavy (non-hydrogen) atoms. The molecule has 3 rings (SSSR count). The van der Waals surface area contributed by atoms with Crippen LogP contribution in [0.3, 0.4) is 0 Å². The molecule has 0 saturated heterocycles. The summed E-state index contributed by atoms with van der Waals surface area (Å²) in [5.74, 6) is -0.229. The first-order valence-electron chi connectivity index (χ1n) is 6.50. The first-order chi connectivity index (χ1) is 9.68. The fourth-order valence-corrected chi connectivity index (χ4v) is 2.52. The lowest BCUT2D eigenvalue weighted by Gasteiger charge is -2.17. The van der Waals surface area contributed by atoms with Gasteiger partial charge in [0.15, 0.2) is 5.78 Å². The molecule has 3 nitrogen and oxygen atoms in total. The van der Waals surface area contributed by atoms with Crippen molar-refractivity contribution in [2.45, 2.75) is 12.8 Å². The second-order valence-electron chi connectivity index (χ2n) is 4.82. The summed E-state index contributed by atoms with van der Waals surface area (Å²) in [4.78, 5) is 12.4. The van der Waals surface area contributed by atoms with Crippen molar-refractivity contribution in [3.8, 4) is 11.5 Å². The van der Waals surface area contributed by atoms with Crippen LogP contribution >= 0.6 is 0 Å². The smallest absolute Gasteiger partial charge is 0.196 e. The van der Waals surface area contributed by atoms with Crippen molar-refractivity contribution in [2.75, 3.05) is 0 Å². The lowest BCUT2D eigenvalue weighted by atomic mass is 9.90. The summed E-state index contributed by atoms with van der Waals surface area (Å²) in [5, 5.41) is 20.4. The average Bonchev–Trinajstić information content (AvgIpc) is 2.51. The Morgan fingerprint density at radius 1 is 0.950 bits per heavy atom. The van der Waals surface area contributed by atoms with Gasteiger partial charge in [-0.2, -0.15) is 0 Å². The Balaban J connectivity index is 2.12. The van der Waals surface area contributed by atoms with E-state index in [1.54, 1.807) is 24.3 Å². The van der Waals surface area contributed by atoms with Crippen molar-refractivity contribution in [1.29, 1.82) is 0 Å². The Hall–Kier alpha value is -2.55. The van der Waals surface area contributed by atoms with Gasteiger partial charge in [0.25, 0.3) is 0 Å². The zero-order valence-electron chi connectivity index (χ0n) is 10.8. The summed E-state index contributed by atoms with van der Waals surface area (Å²) < 4.78 is 0. The van der Waals surface area contributed by atoms with Crippen LogP contribution in [0.5, 0.6) is 11.5 Å². The van der Waals surface area contributed by atoms with Gasteiger partial charge in [-0.25, -0.2) is 0 Å². The molecule has 0 fully saturated rings. The molecule has 2 aromatic rings. The van der Waals surface area contributed by atoms with Gasteiger partial charge in [-0.15, -0.1) is 0 Å². The Morgan fingerprint density at radius 2 is 1.60 bits per heavy atom. The van der Waals surface area contributed by atoms with Gasteiger partial charge in [0, 0.05) is 16.7 Å². The number of rotatable bonds is 2. The molecule has 0 unspecified atom stereocenters. The summed E-state index contributed by atoms with van der Waals surface area (Å²) in [6.45, 7) is 0. The Labute approximate surface area is 116 Å². The molecule has 0 atom stereocenters. The second-order valence-corrected chi connectivity index (χ2v) is 4.82. The SMILES string of the molecule is O=C(c1ccccc1)c1cc(O)c2c(c1O)CC=CC2. The summed E-state index contributed by atoms with van der Waals surface area (Å²) in [5.41, 5.74) is 2.00. The summed E-state index contributed by atoms with van der Waals surface area (Å²) >= 11 is 0.